The van der Waals surface area contributed by atoms with Gasteiger partial charge >= 0.3 is 0 Å². The van der Waals surface area contributed by atoms with Gasteiger partial charge in [-0.15, -0.1) is 0 Å². The number of nitrogens with zero attached hydrogens (tertiary/aromatic N) is 4. The normalized spacial score (nSPS) is 11.2. The van der Waals surface area contributed by atoms with Crippen molar-refractivity contribution in [3.05, 3.63) is 113 Å². The minimum absolute atomic E-state index is 0.490. The summed E-state index contributed by atoms with van der Waals surface area (Å²) in [6.07, 6.45) is 12.1. The van der Waals surface area contributed by atoms with Crippen molar-refractivity contribution in [1.29, 1.82) is 5.26 Å². The Kier molecular flexibility index (Phi) is 7.53. The quantitative estimate of drug-likeness (QED) is 0.212. The van der Waals surface area contributed by atoms with Gasteiger partial charge < -0.3 is 15.6 Å². The Morgan fingerprint density at radius 1 is 0.974 bits per heavy atom. The van der Waals surface area contributed by atoms with Gasteiger partial charge in [-0.1, -0.05) is 12.1 Å². The Bertz CT molecular complexity index is 1610. The minimum atomic E-state index is 0.490. The van der Waals surface area contributed by atoms with Crippen LogP contribution in [-0.4, -0.2) is 26.5 Å². The molecule has 0 aliphatic carbocycles. The molecule has 0 amide bonds. The standard InChI is InChI=1S/C31H29N7/c1-21-27-13-16-35-30(27)11-10-29(21)38-31-24(17-32)20-36-22(2)28(31)9-8-26-7-6-23(19-37-26)18-33-15-12-25-5-3-4-14-34-25/h3-11,13-14,16,19-20,33,35H,12,15,18H2,1-2H3,(H,36,38)/b9-8+. The molecule has 0 spiro atoms. The highest BCUT2D eigenvalue weighted by Gasteiger charge is 2.13. The number of H-pyrrole nitrogens is 1. The van der Waals surface area contributed by atoms with Gasteiger partial charge in [-0.2, -0.15) is 5.26 Å². The first-order chi connectivity index (χ1) is 18.6. The second-order valence-corrected chi connectivity index (χ2v) is 9.13. The van der Waals surface area contributed by atoms with Crippen molar-refractivity contribution >= 4 is 34.4 Å². The number of anilines is 2. The van der Waals surface area contributed by atoms with E-state index in [1.54, 1.807) is 6.20 Å². The monoisotopic (exact) mass is 499 g/mol. The molecule has 4 heterocycles. The van der Waals surface area contributed by atoms with Crippen LogP contribution < -0.4 is 10.6 Å². The number of rotatable bonds is 9. The Morgan fingerprint density at radius 3 is 2.68 bits per heavy atom. The Morgan fingerprint density at radius 2 is 1.89 bits per heavy atom. The summed E-state index contributed by atoms with van der Waals surface area (Å²) in [7, 11) is 0. The summed E-state index contributed by atoms with van der Waals surface area (Å²) in [5, 5.41) is 17.9. The summed E-state index contributed by atoms with van der Waals surface area (Å²) in [4.78, 5) is 16.7. The van der Waals surface area contributed by atoms with Gasteiger partial charge in [0.1, 0.15) is 6.07 Å². The fraction of sp³-hybridized carbons (Fsp3) is 0.161. The molecular weight excluding hydrogens is 470 g/mol. The maximum atomic E-state index is 9.81. The van der Waals surface area contributed by atoms with Crippen LogP contribution in [0.25, 0.3) is 23.1 Å². The third kappa shape index (κ3) is 5.61. The Balaban J connectivity index is 1.30. The number of aromatic amines is 1. The molecule has 7 heteroatoms. The first-order valence-corrected chi connectivity index (χ1v) is 12.6. The summed E-state index contributed by atoms with van der Waals surface area (Å²) in [5.74, 6) is 0. The van der Waals surface area contributed by atoms with E-state index in [0.29, 0.717) is 5.56 Å². The minimum Gasteiger partial charge on any atom is -0.361 e. The molecule has 4 aromatic heterocycles. The maximum absolute atomic E-state index is 9.81. The summed E-state index contributed by atoms with van der Waals surface area (Å²) in [5.41, 5.74) is 9.10. The van der Waals surface area contributed by atoms with Crippen LogP contribution in [0.2, 0.25) is 0 Å². The van der Waals surface area contributed by atoms with E-state index >= 15 is 0 Å². The number of pyridine rings is 3. The number of nitrogens with one attached hydrogen (secondary N) is 3. The van der Waals surface area contributed by atoms with Gasteiger partial charge in [-0.3, -0.25) is 15.0 Å². The average molecular weight is 500 g/mol. The molecule has 5 rings (SSSR count). The largest absolute Gasteiger partial charge is 0.361 e. The molecule has 7 nitrogen and oxygen atoms in total. The van der Waals surface area contributed by atoms with E-state index in [1.807, 2.05) is 74.1 Å². The van der Waals surface area contributed by atoms with Crippen molar-refractivity contribution in [2.24, 2.45) is 0 Å². The zero-order chi connectivity index (χ0) is 26.3. The summed E-state index contributed by atoms with van der Waals surface area (Å²) in [6, 6.07) is 18.5. The third-order valence-corrected chi connectivity index (χ3v) is 6.58. The average Bonchev–Trinajstić information content (AvgIpc) is 3.43. The van der Waals surface area contributed by atoms with Crippen LogP contribution in [0, 0.1) is 25.2 Å². The van der Waals surface area contributed by atoms with E-state index in [-0.39, 0.29) is 0 Å². The lowest BCUT2D eigenvalue weighted by molar-refractivity contribution is 0.678. The van der Waals surface area contributed by atoms with Crippen molar-refractivity contribution in [3.63, 3.8) is 0 Å². The van der Waals surface area contributed by atoms with Crippen LogP contribution in [0.3, 0.4) is 0 Å². The van der Waals surface area contributed by atoms with E-state index in [0.717, 1.165) is 75.6 Å². The SMILES string of the molecule is Cc1ncc(C#N)c(Nc2ccc3[nH]ccc3c2C)c1/C=C/c1ccc(CNCCc2ccccn2)cn1. The molecule has 0 saturated heterocycles. The topological polar surface area (TPSA) is 102 Å². The van der Waals surface area contributed by atoms with Gasteiger partial charge in [0.05, 0.1) is 16.9 Å². The summed E-state index contributed by atoms with van der Waals surface area (Å²) >= 11 is 0. The van der Waals surface area contributed by atoms with E-state index in [2.05, 4.69) is 55.7 Å². The molecule has 188 valence electrons. The van der Waals surface area contributed by atoms with Crippen molar-refractivity contribution in [1.82, 2.24) is 25.3 Å². The highest BCUT2D eigenvalue weighted by Crippen LogP contribution is 2.32. The van der Waals surface area contributed by atoms with Crippen LogP contribution in [0.5, 0.6) is 0 Å². The third-order valence-electron chi connectivity index (χ3n) is 6.58. The molecular formula is C31H29N7. The predicted molar refractivity (Wildman–Crippen MR) is 153 cm³/mol. The van der Waals surface area contributed by atoms with Gasteiger partial charge in [0.15, 0.2) is 0 Å². The highest BCUT2D eigenvalue weighted by atomic mass is 14.9. The molecule has 0 unspecified atom stereocenters. The molecule has 1 aromatic carbocycles. The Labute approximate surface area is 222 Å². The molecule has 5 aromatic rings. The predicted octanol–water partition coefficient (Wildman–Crippen LogP) is 6.09. The second-order valence-electron chi connectivity index (χ2n) is 9.13. The number of aromatic nitrogens is 4. The number of nitriles is 1. The van der Waals surface area contributed by atoms with E-state index in [1.165, 1.54) is 0 Å². The smallest absolute Gasteiger partial charge is 0.103 e. The molecule has 0 aliphatic rings. The number of aryl methyl sites for hydroxylation is 2. The van der Waals surface area contributed by atoms with Gasteiger partial charge in [-0.05, 0) is 73.5 Å². The fourth-order valence-corrected chi connectivity index (χ4v) is 4.40. The van der Waals surface area contributed by atoms with Crippen molar-refractivity contribution in [2.75, 3.05) is 11.9 Å². The highest BCUT2D eigenvalue weighted by molar-refractivity contribution is 5.90. The molecule has 0 aliphatic heterocycles. The van der Waals surface area contributed by atoms with Gasteiger partial charge in [-0.25, -0.2) is 0 Å². The number of benzene rings is 1. The molecule has 0 saturated carbocycles. The fourth-order valence-electron chi connectivity index (χ4n) is 4.40. The van der Waals surface area contributed by atoms with E-state index in [9.17, 15) is 5.26 Å². The molecule has 0 fully saturated rings. The first-order valence-electron chi connectivity index (χ1n) is 12.6. The zero-order valence-corrected chi connectivity index (χ0v) is 21.5. The maximum Gasteiger partial charge on any atom is 0.103 e. The second kappa shape index (κ2) is 11.5. The van der Waals surface area contributed by atoms with Gasteiger partial charge in [0.25, 0.3) is 0 Å². The van der Waals surface area contributed by atoms with Crippen molar-refractivity contribution in [3.8, 4) is 6.07 Å². The van der Waals surface area contributed by atoms with Crippen LogP contribution in [0.1, 0.15) is 39.3 Å². The van der Waals surface area contributed by atoms with E-state index in [4.69, 9.17) is 0 Å². The van der Waals surface area contributed by atoms with Gasteiger partial charge in [0.2, 0.25) is 0 Å². The first kappa shape index (κ1) is 24.9. The van der Waals surface area contributed by atoms with Crippen molar-refractivity contribution in [2.45, 2.75) is 26.8 Å². The lowest BCUT2D eigenvalue weighted by Gasteiger charge is -2.15. The van der Waals surface area contributed by atoms with Crippen LogP contribution in [0.15, 0.2) is 73.3 Å². The molecule has 0 bridgehead atoms. The number of hydrogen-bond donors (Lipinski definition) is 3. The number of hydrogen-bond acceptors (Lipinski definition) is 6. The summed E-state index contributed by atoms with van der Waals surface area (Å²) in [6.45, 7) is 5.62. The zero-order valence-electron chi connectivity index (χ0n) is 21.5. The molecule has 3 N–H and O–H groups in total. The van der Waals surface area contributed by atoms with Gasteiger partial charge in [0, 0.05) is 77.8 Å². The van der Waals surface area contributed by atoms with Crippen LogP contribution >= 0.6 is 0 Å². The lowest BCUT2D eigenvalue weighted by atomic mass is 10.0. The van der Waals surface area contributed by atoms with Crippen LogP contribution in [-0.2, 0) is 13.0 Å². The molecule has 0 atom stereocenters. The molecule has 0 radical (unpaired) electrons. The van der Waals surface area contributed by atoms with Crippen molar-refractivity contribution < 1.29 is 0 Å². The summed E-state index contributed by atoms with van der Waals surface area (Å²) < 4.78 is 0. The number of fused-ring (bicyclic) bond motifs is 1. The molecule has 38 heavy (non-hydrogen) atoms. The van der Waals surface area contributed by atoms with E-state index < -0.39 is 0 Å². The van der Waals surface area contributed by atoms with Crippen LogP contribution in [0.4, 0.5) is 11.4 Å². The lowest BCUT2D eigenvalue weighted by Crippen LogP contribution is -2.17. The Hall–Kier alpha value is -4.80.